The summed E-state index contributed by atoms with van der Waals surface area (Å²) in [5, 5.41) is 8.35. The van der Waals surface area contributed by atoms with Crippen LogP contribution in [0.5, 0.6) is 17.4 Å². The highest BCUT2D eigenvalue weighted by Crippen LogP contribution is 2.36. The Bertz CT molecular complexity index is 1430. The lowest BCUT2D eigenvalue weighted by molar-refractivity contribution is 0.0507. The minimum absolute atomic E-state index is 0.0424. The molecule has 0 saturated heterocycles. The standard InChI is InChI=1S/C35H41N3O6/c1-3-42-35(39)33-34(38(37-36-33)24-26-10-16-30(40-2)17-11-26)44-32-20-14-29(15-21-32)28-12-18-31(19-13-28)43-23-7-22-41-25-27-8-5-4-6-9-27/h4-6,8-13,16-19,29,32H,3,7,14-15,20-25H2,1-2H3. The lowest BCUT2D eigenvalue weighted by atomic mass is 9.83. The molecule has 0 N–H and O–H groups in total. The monoisotopic (exact) mass is 599 g/mol. The SMILES string of the molecule is CCOC(=O)c1nnn(Cc2ccc(OC)cc2)c1OC1CCC(c2ccc(OCCCOCc3ccccc3)cc2)CC1. The Hall–Kier alpha value is -4.37. The van der Waals surface area contributed by atoms with E-state index in [9.17, 15) is 4.79 Å². The van der Waals surface area contributed by atoms with Gasteiger partial charge in [-0.25, -0.2) is 9.48 Å². The van der Waals surface area contributed by atoms with E-state index in [-0.39, 0.29) is 18.4 Å². The van der Waals surface area contributed by atoms with Gasteiger partial charge in [0.1, 0.15) is 17.6 Å². The zero-order valence-electron chi connectivity index (χ0n) is 25.5. The van der Waals surface area contributed by atoms with Crippen LogP contribution < -0.4 is 14.2 Å². The maximum atomic E-state index is 12.6. The summed E-state index contributed by atoms with van der Waals surface area (Å²) >= 11 is 0. The van der Waals surface area contributed by atoms with Gasteiger partial charge < -0.3 is 23.7 Å². The Balaban J connectivity index is 1.10. The van der Waals surface area contributed by atoms with E-state index in [0.717, 1.165) is 49.2 Å². The van der Waals surface area contributed by atoms with Crippen LogP contribution in [0.1, 0.15) is 72.1 Å². The number of methoxy groups -OCH3 is 1. The van der Waals surface area contributed by atoms with Gasteiger partial charge in [0.15, 0.2) is 0 Å². The number of carbonyl (C=O) groups excluding carboxylic acids is 1. The Morgan fingerprint density at radius 1 is 0.864 bits per heavy atom. The first-order chi connectivity index (χ1) is 21.6. The second-order valence-corrected chi connectivity index (χ2v) is 10.9. The van der Waals surface area contributed by atoms with Crippen LogP contribution in [0.15, 0.2) is 78.9 Å². The highest BCUT2D eigenvalue weighted by atomic mass is 16.5. The molecule has 0 bridgehead atoms. The van der Waals surface area contributed by atoms with Crippen LogP contribution in [-0.4, -0.2) is 54.0 Å². The van der Waals surface area contributed by atoms with Gasteiger partial charge in [0, 0.05) is 6.42 Å². The van der Waals surface area contributed by atoms with Gasteiger partial charge in [-0.05, 0) is 79.5 Å². The van der Waals surface area contributed by atoms with E-state index in [0.29, 0.717) is 38.2 Å². The Morgan fingerprint density at radius 3 is 2.30 bits per heavy atom. The van der Waals surface area contributed by atoms with Gasteiger partial charge in [-0.3, -0.25) is 0 Å². The molecular formula is C35H41N3O6. The predicted molar refractivity (Wildman–Crippen MR) is 166 cm³/mol. The summed E-state index contributed by atoms with van der Waals surface area (Å²) in [5.41, 5.74) is 3.59. The summed E-state index contributed by atoms with van der Waals surface area (Å²) < 4.78 is 30.2. The lowest BCUT2D eigenvalue weighted by Gasteiger charge is -2.29. The smallest absolute Gasteiger partial charge is 0.364 e. The quantitative estimate of drug-likeness (QED) is 0.111. The molecule has 0 spiro atoms. The second-order valence-electron chi connectivity index (χ2n) is 10.9. The van der Waals surface area contributed by atoms with Crippen molar-refractivity contribution in [3.8, 4) is 17.4 Å². The topological polar surface area (TPSA) is 93.9 Å². The van der Waals surface area contributed by atoms with Crippen molar-refractivity contribution in [1.82, 2.24) is 15.0 Å². The first-order valence-corrected chi connectivity index (χ1v) is 15.4. The first kappa shape index (κ1) is 31.1. The molecule has 9 heteroatoms. The van der Waals surface area contributed by atoms with E-state index in [1.807, 2.05) is 42.5 Å². The van der Waals surface area contributed by atoms with Crippen molar-refractivity contribution in [2.75, 3.05) is 26.9 Å². The van der Waals surface area contributed by atoms with E-state index in [4.69, 9.17) is 23.7 Å². The second kappa shape index (κ2) is 15.9. The summed E-state index contributed by atoms with van der Waals surface area (Å²) in [7, 11) is 1.63. The molecule has 232 valence electrons. The number of hydrogen-bond acceptors (Lipinski definition) is 8. The van der Waals surface area contributed by atoms with Crippen molar-refractivity contribution in [2.24, 2.45) is 0 Å². The van der Waals surface area contributed by atoms with Gasteiger partial charge in [-0.1, -0.05) is 59.8 Å². The first-order valence-electron chi connectivity index (χ1n) is 15.4. The maximum Gasteiger partial charge on any atom is 0.364 e. The Morgan fingerprint density at radius 2 is 1.59 bits per heavy atom. The minimum Gasteiger partial charge on any atom is -0.497 e. The molecular weight excluding hydrogens is 558 g/mol. The zero-order valence-corrected chi connectivity index (χ0v) is 25.5. The van der Waals surface area contributed by atoms with Crippen LogP contribution >= 0.6 is 0 Å². The fourth-order valence-electron chi connectivity index (χ4n) is 5.38. The molecule has 0 unspecified atom stereocenters. The number of nitrogens with zero attached hydrogens (tertiary/aromatic N) is 3. The molecule has 0 atom stereocenters. The average Bonchev–Trinajstić information content (AvgIpc) is 3.46. The summed E-state index contributed by atoms with van der Waals surface area (Å²) in [6, 6.07) is 26.3. The molecule has 1 heterocycles. The van der Waals surface area contributed by atoms with Crippen molar-refractivity contribution in [1.29, 1.82) is 0 Å². The molecule has 44 heavy (non-hydrogen) atoms. The van der Waals surface area contributed by atoms with Crippen molar-refractivity contribution < 1.29 is 28.5 Å². The van der Waals surface area contributed by atoms with Crippen LogP contribution in [0.2, 0.25) is 0 Å². The van der Waals surface area contributed by atoms with E-state index in [2.05, 4.69) is 46.7 Å². The maximum absolute atomic E-state index is 12.6. The fraction of sp³-hybridized carbons (Fsp3) is 0.400. The van der Waals surface area contributed by atoms with Crippen LogP contribution in [0.3, 0.4) is 0 Å². The van der Waals surface area contributed by atoms with Crippen molar-refractivity contribution in [2.45, 2.75) is 64.2 Å². The number of hydrogen-bond donors (Lipinski definition) is 0. The molecule has 4 aromatic rings. The fourth-order valence-corrected chi connectivity index (χ4v) is 5.38. The summed E-state index contributed by atoms with van der Waals surface area (Å²) in [4.78, 5) is 12.6. The number of rotatable bonds is 15. The molecule has 0 amide bonds. The van der Waals surface area contributed by atoms with Gasteiger partial charge in [0.25, 0.3) is 0 Å². The summed E-state index contributed by atoms with van der Waals surface area (Å²) in [6.07, 6.45) is 4.49. The van der Waals surface area contributed by atoms with Crippen molar-refractivity contribution in [3.63, 3.8) is 0 Å². The predicted octanol–water partition coefficient (Wildman–Crippen LogP) is 6.60. The van der Waals surface area contributed by atoms with Gasteiger partial charge in [-0.15, -0.1) is 5.10 Å². The molecule has 1 fully saturated rings. The third-order valence-corrected chi connectivity index (χ3v) is 7.77. The average molecular weight is 600 g/mol. The van der Waals surface area contributed by atoms with E-state index >= 15 is 0 Å². The summed E-state index contributed by atoms with van der Waals surface area (Å²) in [5.74, 6) is 1.92. The third-order valence-electron chi connectivity index (χ3n) is 7.77. The lowest BCUT2D eigenvalue weighted by Crippen LogP contribution is -2.25. The molecule has 9 nitrogen and oxygen atoms in total. The third kappa shape index (κ3) is 8.60. The van der Waals surface area contributed by atoms with Gasteiger partial charge in [-0.2, -0.15) is 0 Å². The number of benzene rings is 3. The number of carbonyl (C=O) groups is 1. The highest BCUT2D eigenvalue weighted by molar-refractivity contribution is 5.89. The molecule has 5 rings (SSSR count). The largest absolute Gasteiger partial charge is 0.497 e. The molecule has 1 aromatic heterocycles. The number of esters is 1. The van der Waals surface area contributed by atoms with E-state index in [1.54, 1.807) is 18.7 Å². The number of ether oxygens (including phenoxy) is 5. The van der Waals surface area contributed by atoms with Crippen molar-refractivity contribution >= 4 is 5.97 Å². The minimum atomic E-state index is -0.529. The number of aromatic nitrogens is 3. The van der Waals surface area contributed by atoms with Crippen molar-refractivity contribution in [3.05, 3.63) is 101 Å². The van der Waals surface area contributed by atoms with Gasteiger partial charge in [0.2, 0.25) is 11.6 Å². The normalized spacial score (nSPS) is 16.3. The molecule has 1 aliphatic carbocycles. The van der Waals surface area contributed by atoms with Crippen LogP contribution in [0.4, 0.5) is 0 Å². The van der Waals surface area contributed by atoms with E-state index < -0.39 is 5.97 Å². The molecule has 0 aliphatic heterocycles. The molecule has 1 saturated carbocycles. The molecule has 1 aliphatic rings. The Labute approximate surface area is 259 Å². The van der Waals surface area contributed by atoms with Crippen LogP contribution in [0, 0.1) is 0 Å². The zero-order chi connectivity index (χ0) is 30.6. The van der Waals surface area contributed by atoms with Crippen LogP contribution in [0.25, 0.3) is 0 Å². The molecule has 0 radical (unpaired) electrons. The van der Waals surface area contributed by atoms with E-state index in [1.165, 1.54) is 11.1 Å². The summed E-state index contributed by atoms with van der Waals surface area (Å²) in [6.45, 7) is 4.34. The van der Waals surface area contributed by atoms with Gasteiger partial charge in [0.05, 0.1) is 40.1 Å². The molecule has 3 aromatic carbocycles. The Kier molecular flexibility index (Phi) is 11.2. The highest BCUT2D eigenvalue weighted by Gasteiger charge is 2.29. The van der Waals surface area contributed by atoms with Gasteiger partial charge >= 0.3 is 5.97 Å². The van der Waals surface area contributed by atoms with Crippen LogP contribution in [-0.2, 0) is 22.6 Å².